The van der Waals surface area contributed by atoms with E-state index in [0.717, 1.165) is 36.3 Å². The number of rotatable bonds is 20. The van der Waals surface area contributed by atoms with Gasteiger partial charge in [0.2, 0.25) is 5.91 Å². The van der Waals surface area contributed by atoms with Crippen LogP contribution in [0.5, 0.6) is 5.75 Å². The van der Waals surface area contributed by atoms with Crippen molar-refractivity contribution in [2.75, 3.05) is 39.5 Å². The molecule has 0 unspecified atom stereocenters. The van der Waals surface area contributed by atoms with Gasteiger partial charge in [-0.2, -0.15) is 0 Å². The molecule has 0 spiro atoms. The maximum Gasteiger partial charge on any atom is 0.220 e. The van der Waals surface area contributed by atoms with Gasteiger partial charge in [0.05, 0.1) is 26.4 Å². The largest absolute Gasteiger partial charge is 0.489 e. The molecule has 7 heteroatoms. The Hall–Kier alpha value is -2.48. The first-order chi connectivity index (χ1) is 17.2. The fourth-order valence-electron chi connectivity index (χ4n) is 3.43. The van der Waals surface area contributed by atoms with Gasteiger partial charge in [0, 0.05) is 26.1 Å². The van der Waals surface area contributed by atoms with Gasteiger partial charge in [-0.15, -0.1) is 0 Å². The summed E-state index contributed by atoms with van der Waals surface area (Å²) in [4.78, 5) is 11.7. The van der Waals surface area contributed by atoms with E-state index in [9.17, 15) is 9.18 Å². The standard InChI is InChI=1S/C28H41FN2O4/c1-2-3-4-5-6-10-28(32)31-16-18-34-20-19-33-17-15-30-22-25-8-7-9-27(21-25)35-23-24-11-13-26(29)14-12-24/h7-9,11-14,21,30H,2-6,10,15-20,22-23H2,1H3,(H,31,32). The maximum absolute atomic E-state index is 13.0. The molecule has 0 bridgehead atoms. The minimum absolute atomic E-state index is 0.109. The highest BCUT2D eigenvalue weighted by molar-refractivity contribution is 5.75. The van der Waals surface area contributed by atoms with Crippen molar-refractivity contribution in [1.29, 1.82) is 0 Å². The molecule has 1 amide bonds. The number of carbonyl (C=O) groups excluding carboxylic acids is 1. The summed E-state index contributed by atoms with van der Waals surface area (Å²) in [6.07, 6.45) is 6.38. The second-order valence-corrected chi connectivity index (χ2v) is 8.48. The number of hydrogen-bond donors (Lipinski definition) is 2. The first kappa shape index (κ1) is 28.8. The van der Waals surface area contributed by atoms with Gasteiger partial charge < -0.3 is 24.8 Å². The van der Waals surface area contributed by atoms with Crippen molar-refractivity contribution in [3.63, 3.8) is 0 Å². The molecule has 0 heterocycles. The summed E-state index contributed by atoms with van der Waals surface area (Å²) in [6, 6.07) is 14.2. The molecule has 6 nitrogen and oxygen atoms in total. The topological polar surface area (TPSA) is 68.8 Å². The first-order valence-corrected chi connectivity index (χ1v) is 12.8. The molecule has 35 heavy (non-hydrogen) atoms. The number of amides is 1. The molecule has 0 saturated carbocycles. The summed E-state index contributed by atoms with van der Waals surface area (Å²) in [7, 11) is 0. The number of unbranched alkanes of at least 4 members (excludes halogenated alkanes) is 4. The third-order valence-electron chi connectivity index (χ3n) is 5.42. The molecular weight excluding hydrogens is 447 g/mol. The van der Waals surface area contributed by atoms with Crippen LogP contribution in [0.15, 0.2) is 48.5 Å². The van der Waals surface area contributed by atoms with Crippen molar-refractivity contribution in [3.05, 3.63) is 65.5 Å². The maximum atomic E-state index is 13.0. The summed E-state index contributed by atoms with van der Waals surface area (Å²) >= 11 is 0. The average Bonchev–Trinajstić information content (AvgIpc) is 2.87. The van der Waals surface area contributed by atoms with Crippen molar-refractivity contribution in [1.82, 2.24) is 10.6 Å². The monoisotopic (exact) mass is 488 g/mol. The van der Waals surface area contributed by atoms with Gasteiger partial charge >= 0.3 is 0 Å². The summed E-state index contributed by atoms with van der Waals surface area (Å²) in [5.74, 6) is 0.644. The van der Waals surface area contributed by atoms with Crippen LogP contribution in [0.25, 0.3) is 0 Å². The third-order valence-corrected chi connectivity index (χ3v) is 5.42. The highest BCUT2D eigenvalue weighted by atomic mass is 19.1. The molecular formula is C28H41FN2O4. The van der Waals surface area contributed by atoms with E-state index in [-0.39, 0.29) is 11.7 Å². The molecule has 0 atom stereocenters. The molecule has 2 aromatic rings. The number of hydrogen-bond acceptors (Lipinski definition) is 5. The van der Waals surface area contributed by atoms with Gasteiger partial charge in [0.25, 0.3) is 0 Å². The predicted octanol–water partition coefficient (Wildman–Crippen LogP) is 5.00. The van der Waals surface area contributed by atoms with E-state index in [4.69, 9.17) is 14.2 Å². The Morgan fingerprint density at radius 1 is 0.857 bits per heavy atom. The third kappa shape index (κ3) is 14.5. The van der Waals surface area contributed by atoms with Gasteiger partial charge in [-0.05, 0) is 41.8 Å². The first-order valence-electron chi connectivity index (χ1n) is 12.8. The smallest absolute Gasteiger partial charge is 0.220 e. The SMILES string of the molecule is CCCCCCCC(=O)NCCOCCOCCNCc1cccc(OCc2ccc(F)cc2)c1. The Kier molecular flexibility index (Phi) is 15.4. The Bertz CT molecular complexity index is 817. The van der Waals surface area contributed by atoms with Crippen molar-refractivity contribution >= 4 is 5.91 Å². The Labute approximate surface area is 209 Å². The summed E-state index contributed by atoms with van der Waals surface area (Å²) < 4.78 is 29.9. The van der Waals surface area contributed by atoms with Crippen LogP contribution in [0.1, 0.15) is 56.6 Å². The molecule has 0 radical (unpaired) electrons. The van der Waals surface area contributed by atoms with Crippen molar-refractivity contribution in [3.8, 4) is 5.75 Å². The lowest BCUT2D eigenvalue weighted by Gasteiger charge is -2.10. The fourth-order valence-corrected chi connectivity index (χ4v) is 3.43. The molecule has 194 valence electrons. The van der Waals surface area contributed by atoms with Crippen LogP contribution in [0, 0.1) is 5.82 Å². The van der Waals surface area contributed by atoms with E-state index in [1.54, 1.807) is 12.1 Å². The van der Waals surface area contributed by atoms with E-state index in [0.29, 0.717) is 52.5 Å². The molecule has 0 aliphatic carbocycles. The quantitative estimate of drug-likeness (QED) is 0.257. The Morgan fingerprint density at radius 2 is 1.60 bits per heavy atom. The van der Waals surface area contributed by atoms with Crippen LogP contribution in [-0.2, 0) is 27.4 Å². The van der Waals surface area contributed by atoms with Crippen LogP contribution in [-0.4, -0.2) is 45.4 Å². The van der Waals surface area contributed by atoms with Gasteiger partial charge in [-0.3, -0.25) is 4.79 Å². The second kappa shape index (κ2) is 18.8. The summed E-state index contributed by atoms with van der Waals surface area (Å²) in [5, 5.41) is 6.24. The highest BCUT2D eigenvalue weighted by Crippen LogP contribution is 2.15. The number of nitrogens with one attached hydrogen (secondary N) is 2. The zero-order valence-corrected chi connectivity index (χ0v) is 21.0. The van der Waals surface area contributed by atoms with Gasteiger partial charge in [-0.1, -0.05) is 56.9 Å². The van der Waals surface area contributed by atoms with Gasteiger partial charge in [0.1, 0.15) is 18.2 Å². The average molecular weight is 489 g/mol. The molecule has 2 aromatic carbocycles. The van der Waals surface area contributed by atoms with Crippen LogP contribution in [0.2, 0.25) is 0 Å². The molecule has 0 fully saturated rings. The van der Waals surface area contributed by atoms with Crippen LogP contribution in [0.3, 0.4) is 0 Å². The van der Waals surface area contributed by atoms with E-state index in [1.807, 2.05) is 24.3 Å². The van der Waals surface area contributed by atoms with Gasteiger partial charge in [-0.25, -0.2) is 4.39 Å². The molecule has 0 aliphatic heterocycles. The Balaban J connectivity index is 1.41. The second-order valence-electron chi connectivity index (χ2n) is 8.48. The summed E-state index contributed by atoms with van der Waals surface area (Å²) in [6.45, 7) is 6.72. The number of halogens is 1. The minimum atomic E-state index is -0.248. The van der Waals surface area contributed by atoms with Crippen LogP contribution >= 0.6 is 0 Å². The fraction of sp³-hybridized carbons (Fsp3) is 0.536. The molecule has 0 saturated heterocycles. The van der Waals surface area contributed by atoms with Crippen molar-refractivity contribution in [2.45, 2.75) is 58.6 Å². The molecule has 2 rings (SSSR count). The van der Waals surface area contributed by atoms with E-state index in [1.165, 1.54) is 31.4 Å². The zero-order valence-electron chi connectivity index (χ0n) is 21.0. The van der Waals surface area contributed by atoms with Gasteiger partial charge in [0.15, 0.2) is 0 Å². The van der Waals surface area contributed by atoms with E-state index in [2.05, 4.69) is 17.6 Å². The lowest BCUT2D eigenvalue weighted by molar-refractivity contribution is -0.121. The molecule has 2 N–H and O–H groups in total. The number of benzene rings is 2. The van der Waals surface area contributed by atoms with Crippen molar-refractivity contribution < 1.29 is 23.4 Å². The van der Waals surface area contributed by atoms with E-state index >= 15 is 0 Å². The minimum Gasteiger partial charge on any atom is -0.489 e. The highest BCUT2D eigenvalue weighted by Gasteiger charge is 2.01. The number of carbonyl (C=O) groups is 1. The lowest BCUT2D eigenvalue weighted by atomic mass is 10.1. The Morgan fingerprint density at radius 3 is 2.37 bits per heavy atom. The molecule has 0 aliphatic rings. The van der Waals surface area contributed by atoms with Crippen LogP contribution in [0.4, 0.5) is 4.39 Å². The van der Waals surface area contributed by atoms with Crippen molar-refractivity contribution in [2.24, 2.45) is 0 Å². The number of ether oxygens (including phenoxy) is 3. The normalized spacial score (nSPS) is 10.9. The van der Waals surface area contributed by atoms with Crippen LogP contribution < -0.4 is 15.4 Å². The molecule has 0 aromatic heterocycles. The van der Waals surface area contributed by atoms with E-state index < -0.39 is 0 Å². The predicted molar refractivity (Wildman–Crippen MR) is 137 cm³/mol. The zero-order chi connectivity index (χ0) is 25.0. The summed E-state index contributed by atoms with van der Waals surface area (Å²) in [5.41, 5.74) is 2.04. The lowest BCUT2D eigenvalue weighted by Crippen LogP contribution is -2.27.